The Morgan fingerprint density at radius 2 is 2.00 bits per heavy atom. The zero-order valence-electron chi connectivity index (χ0n) is 12.5. The largest absolute Gasteiger partial charge is 0.349 e. The van der Waals surface area contributed by atoms with Crippen LogP contribution in [-0.2, 0) is 17.8 Å². The van der Waals surface area contributed by atoms with Gasteiger partial charge in [-0.1, -0.05) is 29.8 Å². The number of aromatic nitrogens is 1. The maximum atomic E-state index is 11.7. The predicted octanol–water partition coefficient (Wildman–Crippen LogP) is 3.38. The third-order valence-electron chi connectivity index (χ3n) is 3.78. The summed E-state index contributed by atoms with van der Waals surface area (Å²) in [5.41, 5.74) is 3.67. The number of rotatable bonds is 5. The summed E-state index contributed by atoms with van der Waals surface area (Å²) in [6.45, 7) is 4.71. The van der Waals surface area contributed by atoms with E-state index in [1.165, 1.54) is 16.0 Å². The van der Waals surface area contributed by atoms with Crippen molar-refractivity contribution in [3.8, 4) is 0 Å². The number of carbonyl (C=O) groups is 1. The van der Waals surface area contributed by atoms with Gasteiger partial charge in [0, 0.05) is 17.2 Å². The molecular formula is C17H20N2OS. The predicted molar refractivity (Wildman–Crippen MR) is 85.4 cm³/mol. The lowest BCUT2D eigenvalue weighted by atomic mass is 10.1. The van der Waals surface area contributed by atoms with Crippen molar-refractivity contribution in [1.82, 2.24) is 10.3 Å². The van der Waals surface area contributed by atoms with Crippen LogP contribution in [0.15, 0.2) is 24.3 Å². The molecule has 0 atom stereocenters. The average Bonchev–Trinajstić information content (AvgIpc) is 3.25. The third-order valence-corrected chi connectivity index (χ3v) is 4.94. The van der Waals surface area contributed by atoms with Crippen LogP contribution in [0.2, 0.25) is 0 Å². The number of aryl methyl sites for hydroxylation is 2. The average molecular weight is 300 g/mol. The molecule has 1 heterocycles. The maximum absolute atomic E-state index is 11.7. The fourth-order valence-electron chi connectivity index (χ4n) is 2.27. The van der Waals surface area contributed by atoms with Gasteiger partial charge in [0.15, 0.2) is 0 Å². The first-order valence-corrected chi connectivity index (χ1v) is 8.22. The molecule has 21 heavy (non-hydrogen) atoms. The van der Waals surface area contributed by atoms with Crippen molar-refractivity contribution in [2.24, 2.45) is 5.92 Å². The molecule has 1 saturated carbocycles. The molecule has 1 aliphatic rings. The summed E-state index contributed by atoms with van der Waals surface area (Å²) in [5.74, 6) is 0.445. The molecular weight excluding hydrogens is 280 g/mol. The first-order chi connectivity index (χ1) is 10.1. The van der Waals surface area contributed by atoms with Crippen LogP contribution in [0.3, 0.4) is 0 Å². The van der Waals surface area contributed by atoms with E-state index in [4.69, 9.17) is 0 Å². The second kappa shape index (κ2) is 5.98. The molecule has 1 aliphatic carbocycles. The van der Waals surface area contributed by atoms with Gasteiger partial charge >= 0.3 is 0 Å². The van der Waals surface area contributed by atoms with Gasteiger partial charge in [-0.3, -0.25) is 4.79 Å². The van der Waals surface area contributed by atoms with Crippen molar-refractivity contribution in [3.63, 3.8) is 0 Å². The van der Waals surface area contributed by atoms with E-state index < -0.39 is 0 Å². The fourth-order valence-corrected chi connectivity index (χ4v) is 3.32. The smallest absolute Gasteiger partial charge is 0.223 e. The summed E-state index contributed by atoms with van der Waals surface area (Å²) in [7, 11) is 0. The Hall–Kier alpha value is -1.68. The van der Waals surface area contributed by atoms with Crippen LogP contribution in [-0.4, -0.2) is 10.9 Å². The maximum Gasteiger partial charge on any atom is 0.223 e. The zero-order valence-corrected chi connectivity index (χ0v) is 13.3. The van der Waals surface area contributed by atoms with Gasteiger partial charge in [-0.05, 0) is 32.3 Å². The van der Waals surface area contributed by atoms with Crippen LogP contribution in [0.5, 0.6) is 0 Å². The van der Waals surface area contributed by atoms with E-state index in [1.54, 1.807) is 11.3 Å². The summed E-state index contributed by atoms with van der Waals surface area (Å²) < 4.78 is 0. The number of thiazole rings is 1. The minimum Gasteiger partial charge on any atom is -0.349 e. The molecule has 110 valence electrons. The molecule has 3 nitrogen and oxygen atoms in total. The lowest BCUT2D eigenvalue weighted by Crippen LogP contribution is -2.23. The molecule has 4 heteroatoms. The normalized spacial score (nSPS) is 14.2. The van der Waals surface area contributed by atoms with E-state index in [-0.39, 0.29) is 11.8 Å². The van der Waals surface area contributed by atoms with E-state index in [9.17, 15) is 4.79 Å². The van der Waals surface area contributed by atoms with Gasteiger partial charge < -0.3 is 5.32 Å². The summed E-state index contributed by atoms with van der Waals surface area (Å²) in [6, 6.07) is 8.62. The van der Waals surface area contributed by atoms with Crippen LogP contribution < -0.4 is 5.32 Å². The number of amides is 1. The van der Waals surface area contributed by atoms with Gasteiger partial charge in [-0.15, -0.1) is 11.3 Å². The van der Waals surface area contributed by atoms with Crippen molar-refractivity contribution in [3.05, 3.63) is 51.0 Å². The molecule has 0 spiro atoms. The van der Waals surface area contributed by atoms with Gasteiger partial charge in [-0.2, -0.15) is 0 Å². The lowest BCUT2D eigenvalue weighted by molar-refractivity contribution is -0.122. The second-order valence-corrected chi connectivity index (χ2v) is 6.94. The van der Waals surface area contributed by atoms with E-state index in [0.717, 1.165) is 30.0 Å². The van der Waals surface area contributed by atoms with E-state index in [1.807, 2.05) is 6.92 Å². The monoisotopic (exact) mass is 300 g/mol. The molecule has 0 aliphatic heterocycles. The lowest BCUT2D eigenvalue weighted by Gasteiger charge is -2.01. The number of hydrogen-bond acceptors (Lipinski definition) is 3. The summed E-state index contributed by atoms with van der Waals surface area (Å²) >= 11 is 1.71. The van der Waals surface area contributed by atoms with E-state index in [0.29, 0.717) is 6.54 Å². The second-order valence-electron chi connectivity index (χ2n) is 5.77. The summed E-state index contributed by atoms with van der Waals surface area (Å²) in [4.78, 5) is 17.5. The molecule has 2 aromatic rings. The first-order valence-electron chi connectivity index (χ1n) is 7.40. The quantitative estimate of drug-likeness (QED) is 0.920. The zero-order chi connectivity index (χ0) is 14.8. The van der Waals surface area contributed by atoms with Gasteiger partial charge in [0.05, 0.1) is 12.2 Å². The third kappa shape index (κ3) is 3.70. The highest BCUT2D eigenvalue weighted by Gasteiger charge is 2.29. The van der Waals surface area contributed by atoms with Gasteiger partial charge in [-0.25, -0.2) is 4.98 Å². The molecule has 1 fully saturated rings. The molecule has 0 saturated heterocycles. The van der Waals surface area contributed by atoms with Crippen LogP contribution in [0.1, 0.15) is 39.5 Å². The van der Waals surface area contributed by atoms with Crippen molar-refractivity contribution >= 4 is 17.2 Å². The molecule has 0 bridgehead atoms. The van der Waals surface area contributed by atoms with Crippen molar-refractivity contribution < 1.29 is 4.79 Å². The van der Waals surface area contributed by atoms with Gasteiger partial charge in [0.25, 0.3) is 0 Å². The van der Waals surface area contributed by atoms with Crippen molar-refractivity contribution in [2.75, 3.05) is 0 Å². The highest BCUT2D eigenvalue weighted by Crippen LogP contribution is 2.29. The minimum absolute atomic E-state index is 0.183. The van der Waals surface area contributed by atoms with Crippen molar-refractivity contribution in [2.45, 2.75) is 39.7 Å². The molecule has 0 radical (unpaired) electrons. The highest BCUT2D eigenvalue weighted by molar-refractivity contribution is 7.11. The van der Waals surface area contributed by atoms with E-state index in [2.05, 4.69) is 41.5 Å². The Kier molecular flexibility index (Phi) is 4.06. The number of carbonyl (C=O) groups excluding carboxylic acids is 1. The Morgan fingerprint density at radius 1 is 1.29 bits per heavy atom. The minimum atomic E-state index is 0.183. The molecule has 1 amide bonds. The first kappa shape index (κ1) is 14.3. The van der Waals surface area contributed by atoms with Crippen LogP contribution in [0.25, 0.3) is 0 Å². The molecule has 1 aromatic heterocycles. The van der Waals surface area contributed by atoms with Crippen molar-refractivity contribution in [1.29, 1.82) is 0 Å². The number of benzene rings is 1. The Balaban J connectivity index is 1.63. The van der Waals surface area contributed by atoms with Crippen LogP contribution in [0.4, 0.5) is 0 Å². The topological polar surface area (TPSA) is 42.0 Å². The fraction of sp³-hybridized carbons (Fsp3) is 0.412. The molecule has 1 N–H and O–H groups in total. The number of hydrogen-bond donors (Lipinski definition) is 1. The van der Waals surface area contributed by atoms with Gasteiger partial charge in [0.2, 0.25) is 5.91 Å². The standard InChI is InChI=1S/C17H20N2OS/c1-11-3-5-13(6-4-11)9-15-12(2)19-16(21-15)10-18-17(20)14-7-8-14/h3-6,14H,7-10H2,1-2H3,(H,18,20). The summed E-state index contributed by atoms with van der Waals surface area (Å²) in [6.07, 6.45) is 3.00. The SMILES string of the molecule is Cc1ccc(Cc2sc(CNC(=O)C3CC3)nc2C)cc1. The Bertz CT molecular complexity index is 641. The van der Waals surface area contributed by atoms with Crippen LogP contribution >= 0.6 is 11.3 Å². The molecule has 1 aromatic carbocycles. The number of nitrogens with one attached hydrogen (secondary N) is 1. The Morgan fingerprint density at radius 3 is 2.67 bits per heavy atom. The van der Waals surface area contributed by atoms with E-state index >= 15 is 0 Å². The Labute approximate surface area is 129 Å². The highest BCUT2D eigenvalue weighted by atomic mass is 32.1. The summed E-state index contributed by atoms with van der Waals surface area (Å²) in [5, 5.41) is 3.99. The van der Waals surface area contributed by atoms with Crippen LogP contribution in [0, 0.1) is 19.8 Å². The number of nitrogens with zero attached hydrogens (tertiary/aromatic N) is 1. The molecule has 0 unspecified atom stereocenters. The van der Waals surface area contributed by atoms with Gasteiger partial charge in [0.1, 0.15) is 5.01 Å². The molecule has 3 rings (SSSR count).